The highest BCUT2D eigenvalue weighted by atomic mass is 35.5. The van der Waals surface area contributed by atoms with Crippen LogP contribution in [0.4, 0.5) is 0 Å². The molecular weight excluding hydrogens is 282 g/mol. The Labute approximate surface area is 132 Å². The monoisotopic (exact) mass is 305 g/mol. The quantitative estimate of drug-likeness (QED) is 0.872. The molecule has 1 N–H and O–H groups in total. The van der Waals surface area contributed by atoms with Gasteiger partial charge < -0.3 is 5.32 Å². The highest BCUT2D eigenvalue weighted by molar-refractivity contribution is 6.31. The first-order valence-electron chi connectivity index (χ1n) is 7.59. The molecule has 3 nitrogen and oxygen atoms in total. The largest absolute Gasteiger partial charge is 0.305 e. The average molecular weight is 306 g/mol. The summed E-state index contributed by atoms with van der Waals surface area (Å²) in [7, 11) is 1.95. The molecule has 0 spiro atoms. The van der Waals surface area contributed by atoms with Gasteiger partial charge >= 0.3 is 0 Å². The van der Waals surface area contributed by atoms with E-state index in [1.807, 2.05) is 11.7 Å². The summed E-state index contributed by atoms with van der Waals surface area (Å²) in [5.41, 5.74) is 4.68. The Morgan fingerprint density at radius 3 is 2.38 bits per heavy atom. The van der Waals surface area contributed by atoms with E-state index >= 15 is 0 Å². The Hall–Kier alpha value is -1.32. The third kappa shape index (κ3) is 3.66. The number of nitrogens with zero attached hydrogens (tertiary/aromatic N) is 2. The lowest BCUT2D eigenvalue weighted by Crippen LogP contribution is -2.20. The summed E-state index contributed by atoms with van der Waals surface area (Å²) in [5, 5.41) is 8.77. The number of aromatic nitrogens is 2. The van der Waals surface area contributed by atoms with Crippen molar-refractivity contribution in [3.8, 4) is 0 Å². The molecule has 0 bridgehead atoms. The number of nitrogens with one attached hydrogen (secondary N) is 1. The molecule has 4 heteroatoms. The molecule has 1 aromatic carbocycles. The van der Waals surface area contributed by atoms with Crippen LogP contribution in [0.25, 0.3) is 0 Å². The SMILES string of the molecule is CCc1ccc(C(C)NCc2c(Cl)c(CC)nn2C)cc1. The van der Waals surface area contributed by atoms with Gasteiger partial charge in [-0.2, -0.15) is 5.10 Å². The molecular formula is C17H24ClN3. The number of halogens is 1. The van der Waals surface area contributed by atoms with Crippen LogP contribution in [0.3, 0.4) is 0 Å². The second-order valence-corrected chi connectivity index (χ2v) is 5.76. The zero-order chi connectivity index (χ0) is 15.4. The van der Waals surface area contributed by atoms with Crippen LogP contribution in [-0.2, 0) is 26.4 Å². The number of rotatable bonds is 6. The lowest BCUT2D eigenvalue weighted by Gasteiger charge is -2.15. The number of hydrogen-bond donors (Lipinski definition) is 1. The Morgan fingerprint density at radius 1 is 1.19 bits per heavy atom. The molecule has 1 atom stereocenters. The van der Waals surface area contributed by atoms with E-state index in [0.717, 1.165) is 35.8 Å². The van der Waals surface area contributed by atoms with Crippen molar-refractivity contribution in [2.75, 3.05) is 0 Å². The summed E-state index contributed by atoms with van der Waals surface area (Å²) >= 11 is 6.38. The van der Waals surface area contributed by atoms with Crippen LogP contribution in [0.1, 0.15) is 49.3 Å². The summed E-state index contributed by atoms with van der Waals surface area (Å²) in [6.07, 6.45) is 1.94. The number of benzene rings is 1. The molecule has 2 rings (SSSR count). The van der Waals surface area contributed by atoms with Gasteiger partial charge in [0.15, 0.2) is 0 Å². The van der Waals surface area contributed by atoms with Crippen molar-refractivity contribution in [1.82, 2.24) is 15.1 Å². The predicted octanol–water partition coefficient (Wildman–Crippen LogP) is 4.05. The molecule has 1 heterocycles. The molecule has 0 aliphatic rings. The highest BCUT2D eigenvalue weighted by Gasteiger charge is 2.14. The van der Waals surface area contributed by atoms with Crippen molar-refractivity contribution >= 4 is 11.6 Å². The molecule has 1 unspecified atom stereocenters. The van der Waals surface area contributed by atoms with Gasteiger partial charge in [0.2, 0.25) is 0 Å². The van der Waals surface area contributed by atoms with E-state index in [-0.39, 0.29) is 6.04 Å². The Balaban J connectivity index is 2.03. The molecule has 0 aliphatic heterocycles. The van der Waals surface area contributed by atoms with Crippen LogP contribution in [0.2, 0.25) is 5.02 Å². The molecule has 0 saturated carbocycles. The van der Waals surface area contributed by atoms with Gasteiger partial charge in [0.1, 0.15) is 0 Å². The molecule has 2 aromatic rings. The van der Waals surface area contributed by atoms with E-state index in [1.165, 1.54) is 11.1 Å². The van der Waals surface area contributed by atoms with Crippen molar-refractivity contribution < 1.29 is 0 Å². The van der Waals surface area contributed by atoms with Crippen LogP contribution in [0.15, 0.2) is 24.3 Å². The fourth-order valence-corrected chi connectivity index (χ4v) is 2.78. The second-order valence-electron chi connectivity index (χ2n) is 5.38. The van der Waals surface area contributed by atoms with Crippen molar-refractivity contribution in [3.05, 3.63) is 51.8 Å². The summed E-state index contributed by atoms with van der Waals surface area (Å²) in [5.74, 6) is 0. The van der Waals surface area contributed by atoms with Gasteiger partial charge in [-0.3, -0.25) is 4.68 Å². The zero-order valence-electron chi connectivity index (χ0n) is 13.3. The molecule has 0 fully saturated rings. The summed E-state index contributed by atoms with van der Waals surface area (Å²) in [4.78, 5) is 0. The fraction of sp³-hybridized carbons (Fsp3) is 0.471. The molecule has 0 saturated heterocycles. The third-order valence-electron chi connectivity index (χ3n) is 3.97. The van der Waals surface area contributed by atoms with Crippen molar-refractivity contribution in [2.24, 2.45) is 7.05 Å². The minimum absolute atomic E-state index is 0.284. The smallest absolute Gasteiger partial charge is 0.0863 e. The van der Waals surface area contributed by atoms with E-state index in [1.54, 1.807) is 0 Å². The van der Waals surface area contributed by atoms with Gasteiger partial charge in [-0.25, -0.2) is 0 Å². The first-order chi connectivity index (χ1) is 10.1. The normalized spacial score (nSPS) is 12.6. The van der Waals surface area contributed by atoms with E-state index in [9.17, 15) is 0 Å². The van der Waals surface area contributed by atoms with E-state index in [2.05, 4.69) is 55.5 Å². The van der Waals surface area contributed by atoms with Gasteiger partial charge in [-0.1, -0.05) is 49.7 Å². The molecule has 0 amide bonds. The maximum atomic E-state index is 6.38. The average Bonchev–Trinajstić information content (AvgIpc) is 2.79. The fourth-order valence-electron chi connectivity index (χ4n) is 2.42. The molecule has 1 aromatic heterocycles. The highest BCUT2D eigenvalue weighted by Crippen LogP contribution is 2.22. The zero-order valence-corrected chi connectivity index (χ0v) is 14.0. The minimum Gasteiger partial charge on any atom is -0.305 e. The van der Waals surface area contributed by atoms with Gasteiger partial charge in [0.25, 0.3) is 0 Å². The van der Waals surface area contributed by atoms with E-state index in [4.69, 9.17) is 11.6 Å². The predicted molar refractivity (Wildman–Crippen MR) is 88.7 cm³/mol. The maximum Gasteiger partial charge on any atom is 0.0863 e. The summed E-state index contributed by atoms with van der Waals surface area (Å²) in [6, 6.07) is 9.06. The van der Waals surface area contributed by atoms with Crippen molar-refractivity contribution in [2.45, 2.75) is 46.2 Å². The molecule has 0 aliphatic carbocycles. The third-order valence-corrected chi connectivity index (χ3v) is 4.40. The van der Waals surface area contributed by atoms with Crippen molar-refractivity contribution in [3.63, 3.8) is 0 Å². The standard InChI is InChI=1S/C17H24ClN3/c1-5-13-7-9-14(10-8-13)12(3)19-11-16-17(18)15(6-2)20-21(16)4/h7-10,12,19H,5-6,11H2,1-4H3. The van der Waals surface area contributed by atoms with Gasteiger partial charge in [0.05, 0.1) is 16.4 Å². The van der Waals surface area contributed by atoms with Gasteiger partial charge in [-0.05, 0) is 30.9 Å². The van der Waals surface area contributed by atoms with Gasteiger partial charge in [-0.15, -0.1) is 0 Å². The van der Waals surface area contributed by atoms with Gasteiger partial charge in [0, 0.05) is 19.6 Å². The van der Waals surface area contributed by atoms with Crippen LogP contribution in [0, 0.1) is 0 Å². The van der Waals surface area contributed by atoms with E-state index in [0.29, 0.717) is 0 Å². The van der Waals surface area contributed by atoms with Crippen LogP contribution < -0.4 is 5.32 Å². The van der Waals surface area contributed by atoms with Crippen LogP contribution >= 0.6 is 11.6 Å². The Morgan fingerprint density at radius 2 is 1.86 bits per heavy atom. The topological polar surface area (TPSA) is 29.9 Å². The maximum absolute atomic E-state index is 6.38. The lowest BCUT2D eigenvalue weighted by atomic mass is 10.0. The molecule has 114 valence electrons. The van der Waals surface area contributed by atoms with Crippen LogP contribution in [0.5, 0.6) is 0 Å². The number of hydrogen-bond acceptors (Lipinski definition) is 2. The second kappa shape index (κ2) is 7.10. The van der Waals surface area contributed by atoms with Crippen LogP contribution in [-0.4, -0.2) is 9.78 Å². The lowest BCUT2D eigenvalue weighted by molar-refractivity contribution is 0.548. The number of aryl methyl sites for hydroxylation is 3. The van der Waals surface area contributed by atoms with E-state index < -0.39 is 0 Å². The first kappa shape index (κ1) is 16.1. The molecule has 0 radical (unpaired) electrons. The minimum atomic E-state index is 0.284. The summed E-state index contributed by atoms with van der Waals surface area (Å²) in [6.45, 7) is 7.14. The Bertz CT molecular complexity index is 587. The Kier molecular flexibility index (Phi) is 5.43. The summed E-state index contributed by atoms with van der Waals surface area (Å²) < 4.78 is 1.88. The first-order valence-corrected chi connectivity index (χ1v) is 7.97. The van der Waals surface area contributed by atoms with Crippen molar-refractivity contribution in [1.29, 1.82) is 0 Å². The molecule has 21 heavy (non-hydrogen) atoms.